The average Bonchev–Trinajstić information content (AvgIpc) is 2.88. The molecule has 0 spiro atoms. The van der Waals surface area contributed by atoms with Crippen molar-refractivity contribution in [1.29, 1.82) is 0 Å². The highest BCUT2D eigenvalue weighted by Gasteiger charge is 2.15. The number of rotatable bonds is 10. The predicted molar refractivity (Wildman–Crippen MR) is 138 cm³/mol. The molecule has 1 fully saturated rings. The lowest BCUT2D eigenvalue weighted by Gasteiger charge is -2.25. The van der Waals surface area contributed by atoms with Crippen molar-refractivity contribution in [2.45, 2.75) is 13.0 Å². The van der Waals surface area contributed by atoms with Gasteiger partial charge >= 0.3 is 0 Å². The van der Waals surface area contributed by atoms with Gasteiger partial charge in [0.15, 0.2) is 11.5 Å². The minimum atomic E-state index is -0.156. The molecule has 0 aromatic heterocycles. The largest absolute Gasteiger partial charge is 0.493 e. The lowest BCUT2D eigenvalue weighted by molar-refractivity contribution is -0.123. The molecule has 0 bridgehead atoms. The molecule has 3 aromatic carbocycles. The van der Waals surface area contributed by atoms with Crippen LogP contribution in [-0.2, 0) is 22.6 Å². The first kappa shape index (κ1) is 24.4. The van der Waals surface area contributed by atoms with Gasteiger partial charge in [0.2, 0.25) is 0 Å². The number of nitrogens with one attached hydrogen (secondary N) is 1. The van der Waals surface area contributed by atoms with Crippen molar-refractivity contribution in [2.75, 3.05) is 40.0 Å². The monoisotopic (exact) mass is 473 g/mol. The van der Waals surface area contributed by atoms with E-state index in [2.05, 4.69) is 41.4 Å². The molecule has 1 N–H and O–H groups in total. The van der Waals surface area contributed by atoms with Gasteiger partial charge in [0.05, 0.1) is 33.1 Å². The third-order valence-corrected chi connectivity index (χ3v) is 5.86. The van der Waals surface area contributed by atoms with Gasteiger partial charge in [-0.25, -0.2) is 5.43 Å². The molecule has 1 aliphatic rings. The first-order chi connectivity index (χ1) is 17.2. The maximum Gasteiger partial charge on any atom is 0.254 e. The summed E-state index contributed by atoms with van der Waals surface area (Å²) in [5, 5.41) is 6.47. The molecule has 7 nitrogen and oxygen atoms in total. The van der Waals surface area contributed by atoms with E-state index in [9.17, 15) is 4.79 Å². The number of hydrazone groups is 1. The Balaban J connectivity index is 1.47. The van der Waals surface area contributed by atoms with Crippen LogP contribution in [0.3, 0.4) is 0 Å². The average molecular weight is 474 g/mol. The smallest absolute Gasteiger partial charge is 0.254 e. The summed E-state index contributed by atoms with van der Waals surface area (Å²) >= 11 is 0. The van der Waals surface area contributed by atoms with E-state index in [1.165, 1.54) is 5.39 Å². The fourth-order valence-corrected chi connectivity index (χ4v) is 4.13. The van der Waals surface area contributed by atoms with Gasteiger partial charge in [-0.05, 0) is 40.5 Å². The summed E-state index contributed by atoms with van der Waals surface area (Å²) in [7, 11) is 1.61. The van der Waals surface area contributed by atoms with Crippen molar-refractivity contribution in [3.63, 3.8) is 0 Å². The Labute approximate surface area is 206 Å². The van der Waals surface area contributed by atoms with Crippen LogP contribution >= 0.6 is 0 Å². The van der Waals surface area contributed by atoms with Crippen molar-refractivity contribution in [3.05, 3.63) is 83.9 Å². The molecule has 3 aromatic rings. The number of nitrogens with zero attached hydrogens (tertiary/aromatic N) is 2. The van der Waals surface area contributed by atoms with Crippen LogP contribution in [0, 0.1) is 0 Å². The lowest BCUT2D eigenvalue weighted by atomic mass is 10.0. The van der Waals surface area contributed by atoms with Crippen molar-refractivity contribution >= 4 is 22.9 Å². The number of carbonyl (C=O) groups excluding carboxylic acids is 1. The molecule has 0 atom stereocenters. The zero-order valence-corrected chi connectivity index (χ0v) is 20.0. The standard InChI is InChI=1S/C28H31N3O4/c1-3-7-23-16-21(18-29-30-27(32)19-31-12-14-34-15-13-31)17-26(33-2)28(23)35-20-24-10-6-9-22-8-4-5-11-25(22)24/h3-6,8-11,16-18H,1,7,12-15,19-20H2,2H3,(H,30,32)/b29-18+. The third kappa shape index (κ3) is 6.47. The number of hydrogen-bond donors (Lipinski definition) is 1. The number of amides is 1. The van der Waals surface area contributed by atoms with E-state index in [-0.39, 0.29) is 5.91 Å². The number of morpholine rings is 1. The normalized spacial score (nSPS) is 14.2. The van der Waals surface area contributed by atoms with Gasteiger partial charge in [-0.1, -0.05) is 48.5 Å². The third-order valence-electron chi connectivity index (χ3n) is 5.86. The van der Waals surface area contributed by atoms with Gasteiger partial charge in [0.1, 0.15) is 6.61 Å². The highest BCUT2D eigenvalue weighted by molar-refractivity contribution is 5.86. The molecular weight excluding hydrogens is 442 g/mol. The minimum absolute atomic E-state index is 0.156. The van der Waals surface area contributed by atoms with Gasteiger partial charge in [-0.2, -0.15) is 5.10 Å². The summed E-state index contributed by atoms with van der Waals surface area (Å²) in [5.41, 5.74) is 5.43. The Bertz CT molecular complexity index is 1200. The van der Waals surface area contributed by atoms with Crippen LogP contribution in [0.2, 0.25) is 0 Å². The molecule has 1 heterocycles. The minimum Gasteiger partial charge on any atom is -0.493 e. The van der Waals surface area contributed by atoms with Gasteiger partial charge < -0.3 is 14.2 Å². The van der Waals surface area contributed by atoms with E-state index >= 15 is 0 Å². The number of hydrogen-bond acceptors (Lipinski definition) is 6. The molecule has 35 heavy (non-hydrogen) atoms. The Hall–Kier alpha value is -3.68. The molecule has 0 unspecified atom stereocenters. The van der Waals surface area contributed by atoms with Crippen molar-refractivity contribution in [1.82, 2.24) is 10.3 Å². The maximum atomic E-state index is 12.2. The van der Waals surface area contributed by atoms with Crippen LogP contribution in [0.25, 0.3) is 10.8 Å². The van der Waals surface area contributed by atoms with Crippen molar-refractivity contribution < 1.29 is 19.0 Å². The summed E-state index contributed by atoms with van der Waals surface area (Å²) < 4.78 is 17.2. The second-order valence-corrected chi connectivity index (χ2v) is 8.31. The highest BCUT2D eigenvalue weighted by Crippen LogP contribution is 2.34. The molecule has 182 valence electrons. The van der Waals surface area contributed by atoms with Crippen LogP contribution in [0.5, 0.6) is 11.5 Å². The Morgan fingerprint density at radius 3 is 2.74 bits per heavy atom. The first-order valence-corrected chi connectivity index (χ1v) is 11.7. The van der Waals surface area contributed by atoms with Gasteiger partial charge in [0, 0.05) is 18.7 Å². The van der Waals surface area contributed by atoms with Gasteiger partial charge in [-0.15, -0.1) is 6.58 Å². The summed E-state index contributed by atoms with van der Waals surface area (Å²) in [6.07, 6.45) is 4.04. The topological polar surface area (TPSA) is 72.4 Å². The highest BCUT2D eigenvalue weighted by atomic mass is 16.5. The summed E-state index contributed by atoms with van der Waals surface area (Å²) in [4.78, 5) is 14.2. The maximum absolute atomic E-state index is 12.2. The Morgan fingerprint density at radius 1 is 1.14 bits per heavy atom. The van der Waals surface area contributed by atoms with Crippen molar-refractivity contribution in [2.24, 2.45) is 5.10 Å². The van der Waals surface area contributed by atoms with Gasteiger partial charge in [0.25, 0.3) is 5.91 Å². The molecule has 7 heteroatoms. The number of ether oxygens (including phenoxy) is 3. The zero-order valence-electron chi connectivity index (χ0n) is 20.0. The van der Waals surface area contributed by atoms with E-state index in [0.29, 0.717) is 44.3 Å². The van der Waals surface area contributed by atoms with Crippen LogP contribution in [0.4, 0.5) is 0 Å². The van der Waals surface area contributed by atoms with Crippen LogP contribution < -0.4 is 14.9 Å². The Kier molecular flexibility index (Phi) is 8.48. The number of carbonyl (C=O) groups is 1. The van der Waals surface area contributed by atoms with E-state index < -0.39 is 0 Å². The summed E-state index contributed by atoms with van der Waals surface area (Å²) in [5.74, 6) is 1.12. The molecule has 1 saturated heterocycles. The molecule has 1 amide bonds. The first-order valence-electron chi connectivity index (χ1n) is 11.7. The van der Waals surface area contributed by atoms with E-state index in [1.54, 1.807) is 13.3 Å². The molecule has 4 rings (SSSR count). The number of methoxy groups -OCH3 is 1. The SMILES string of the molecule is C=CCc1cc(/C=N/NC(=O)CN2CCOCC2)cc(OC)c1OCc1cccc2ccccc12. The molecule has 0 saturated carbocycles. The quantitative estimate of drug-likeness (QED) is 0.274. The van der Waals surface area contributed by atoms with Crippen molar-refractivity contribution in [3.8, 4) is 11.5 Å². The Morgan fingerprint density at radius 2 is 1.94 bits per heavy atom. The summed E-state index contributed by atoms with van der Waals surface area (Å²) in [6, 6.07) is 18.3. The molecule has 1 aliphatic heterocycles. The zero-order chi connectivity index (χ0) is 24.5. The lowest BCUT2D eigenvalue weighted by Crippen LogP contribution is -2.42. The van der Waals surface area contributed by atoms with Gasteiger partial charge in [-0.3, -0.25) is 9.69 Å². The van der Waals surface area contributed by atoms with E-state index in [0.717, 1.165) is 35.2 Å². The molecular formula is C28H31N3O4. The van der Waals surface area contributed by atoms with E-state index in [4.69, 9.17) is 14.2 Å². The van der Waals surface area contributed by atoms with Crippen LogP contribution in [0.1, 0.15) is 16.7 Å². The predicted octanol–water partition coefficient (Wildman–Crippen LogP) is 3.94. The summed E-state index contributed by atoms with van der Waals surface area (Å²) in [6.45, 7) is 7.39. The number of allylic oxidation sites excluding steroid dienone is 1. The number of benzene rings is 3. The van der Waals surface area contributed by atoms with E-state index in [1.807, 2.05) is 41.3 Å². The van der Waals surface area contributed by atoms with Crippen LogP contribution in [-0.4, -0.2) is 57.0 Å². The number of fused-ring (bicyclic) bond motifs is 1. The molecule has 0 aliphatic carbocycles. The molecule has 0 radical (unpaired) electrons. The second kappa shape index (κ2) is 12.1. The second-order valence-electron chi connectivity index (χ2n) is 8.31. The fourth-order valence-electron chi connectivity index (χ4n) is 4.13. The fraction of sp³-hybridized carbons (Fsp3) is 0.286. The van der Waals surface area contributed by atoms with Crippen LogP contribution in [0.15, 0.2) is 72.4 Å².